The smallest absolute Gasteiger partial charge is 0.387 e. The van der Waals surface area contributed by atoms with Crippen LogP contribution >= 0.6 is 0 Å². The van der Waals surface area contributed by atoms with Gasteiger partial charge in [-0.3, -0.25) is 0 Å². The molecule has 0 amide bonds. The average molecular weight is 349 g/mol. The fourth-order valence-corrected chi connectivity index (χ4v) is 4.50. The molecule has 0 aliphatic heterocycles. The van der Waals surface area contributed by atoms with E-state index >= 15 is 0 Å². The first-order valence-corrected chi connectivity index (χ1v) is 8.89. The highest BCUT2D eigenvalue weighted by molar-refractivity contribution is 7.91. The van der Waals surface area contributed by atoms with E-state index in [1.54, 1.807) is 18.2 Å². The standard InChI is InChI=1S/C15H21F2NO4S/c1-21-11-15(8-4-9-15)23(19,20)18-10-7-12-5-2-3-6-13(12)22-14(16)17/h2-3,5-6,14,18H,4,7-11H2,1H3. The van der Waals surface area contributed by atoms with Crippen LogP contribution in [0, 0.1) is 0 Å². The predicted molar refractivity (Wildman–Crippen MR) is 82.2 cm³/mol. The number of hydrogen-bond acceptors (Lipinski definition) is 4. The van der Waals surface area contributed by atoms with Crippen LogP contribution in [0.15, 0.2) is 24.3 Å². The van der Waals surface area contributed by atoms with Gasteiger partial charge in [0.1, 0.15) is 10.5 Å². The van der Waals surface area contributed by atoms with Crippen LogP contribution in [0.1, 0.15) is 24.8 Å². The molecule has 8 heteroatoms. The lowest BCUT2D eigenvalue weighted by molar-refractivity contribution is -0.0504. The average Bonchev–Trinajstić information content (AvgIpc) is 2.43. The summed E-state index contributed by atoms with van der Waals surface area (Å²) in [5.74, 6) is 0.0666. The molecule has 0 radical (unpaired) electrons. The Morgan fingerprint density at radius 2 is 2.00 bits per heavy atom. The van der Waals surface area contributed by atoms with Gasteiger partial charge in [0, 0.05) is 13.7 Å². The van der Waals surface area contributed by atoms with E-state index in [-0.39, 0.29) is 25.3 Å². The van der Waals surface area contributed by atoms with Crippen molar-refractivity contribution in [1.29, 1.82) is 0 Å². The Hall–Kier alpha value is -1.25. The van der Waals surface area contributed by atoms with Crippen LogP contribution in [0.5, 0.6) is 5.75 Å². The van der Waals surface area contributed by atoms with Crippen molar-refractivity contribution in [3.63, 3.8) is 0 Å². The zero-order valence-corrected chi connectivity index (χ0v) is 13.7. The minimum Gasteiger partial charge on any atom is -0.435 e. The van der Waals surface area contributed by atoms with E-state index in [2.05, 4.69) is 9.46 Å². The third-order valence-corrected chi connectivity index (χ3v) is 6.37. The number of alkyl halides is 2. The lowest BCUT2D eigenvalue weighted by atomic mass is 9.85. The van der Waals surface area contributed by atoms with Gasteiger partial charge in [-0.1, -0.05) is 24.6 Å². The topological polar surface area (TPSA) is 64.6 Å². The second-order valence-corrected chi connectivity index (χ2v) is 7.77. The van der Waals surface area contributed by atoms with Gasteiger partial charge in [0.2, 0.25) is 10.0 Å². The van der Waals surface area contributed by atoms with Gasteiger partial charge >= 0.3 is 6.61 Å². The Labute approximate surface area is 135 Å². The highest BCUT2D eigenvalue weighted by Gasteiger charge is 2.48. The zero-order valence-electron chi connectivity index (χ0n) is 12.9. The second kappa shape index (κ2) is 7.55. The lowest BCUT2D eigenvalue weighted by Gasteiger charge is -2.40. The molecule has 0 spiro atoms. The minimum absolute atomic E-state index is 0.0666. The molecule has 1 aliphatic carbocycles. The molecule has 23 heavy (non-hydrogen) atoms. The van der Waals surface area contributed by atoms with E-state index in [0.29, 0.717) is 18.4 Å². The first-order chi connectivity index (χ1) is 10.9. The van der Waals surface area contributed by atoms with Crippen LogP contribution < -0.4 is 9.46 Å². The van der Waals surface area contributed by atoms with Crippen molar-refractivity contribution in [3.05, 3.63) is 29.8 Å². The Kier molecular flexibility index (Phi) is 5.94. The van der Waals surface area contributed by atoms with Crippen molar-refractivity contribution in [2.75, 3.05) is 20.3 Å². The van der Waals surface area contributed by atoms with Gasteiger partial charge in [0.25, 0.3) is 0 Å². The maximum Gasteiger partial charge on any atom is 0.387 e. The molecule has 0 heterocycles. The molecule has 1 aliphatic rings. The van der Waals surface area contributed by atoms with Crippen molar-refractivity contribution in [1.82, 2.24) is 4.72 Å². The minimum atomic E-state index is -3.52. The number of hydrogen-bond donors (Lipinski definition) is 1. The summed E-state index contributed by atoms with van der Waals surface area (Å²) in [6.45, 7) is -2.63. The Morgan fingerprint density at radius 1 is 1.30 bits per heavy atom. The molecular weight excluding hydrogens is 328 g/mol. The van der Waals surface area contributed by atoms with Crippen LogP contribution in [-0.2, 0) is 21.2 Å². The van der Waals surface area contributed by atoms with Gasteiger partial charge in [-0.15, -0.1) is 0 Å². The van der Waals surface area contributed by atoms with E-state index in [1.807, 2.05) is 0 Å². The van der Waals surface area contributed by atoms with Crippen LogP contribution in [-0.4, -0.2) is 40.0 Å². The van der Waals surface area contributed by atoms with Crippen LogP contribution in [0.4, 0.5) is 8.78 Å². The summed E-state index contributed by atoms with van der Waals surface area (Å²) in [7, 11) is -2.04. The first-order valence-electron chi connectivity index (χ1n) is 7.41. The monoisotopic (exact) mass is 349 g/mol. The molecule has 0 atom stereocenters. The molecule has 1 fully saturated rings. The Balaban J connectivity index is 1.97. The third kappa shape index (κ3) is 4.19. The van der Waals surface area contributed by atoms with E-state index < -0.39 is 21.4 Å². The van der Waals surface area contributed by atoms with E-state index in [1.165, 1.54) is 13.2 Å². The molecule has 1 N–H and O–H groups in total. The van der Waals surface area contributed by atoms with Crippen molar-refractivity contribution in [2.45, 2.75) is 37.0 Å². The molecular formula is C15H21F2NO4S. The molecule has 0 aromatic heterocycles. The van der Waals surface area contributed by atoms with E-state index in [9.17, 15) is 17.2 Å². The number of sulfonamides is 1. The van der Waals surface area contributed by atoms with Crippen molar-refractivity contribution >= 4 is 10.0 Å². The van der Waals surface area contributed by atoms with Crippen molar-refractivity contribution < 1.29 is 26.7 Å². The van der Waals surface area contributed by atoms with E-state index in [4.69, 9.17) is 4.74 Å². The molecule has 0 saturated heterocycles. The first kappa shape index (κ1) is 18.1. The number of halogens is 2. The van der Waals surface area contributed by atoms with Gasteiger partial charge in [0.05, 0.1) is 6.61 Å². The summed E-state index contributed by atoms with van der Waals surface area (Å²) in [4.78, 5) is 0. The zero-order chi connectivity index (χ0) is 16.9. The quantitative estimate of drug-likeness (QED) is 0.743. The third-order valence-electron chi connectivity index (χ3n) is 4.12. The number of para-hydroxylation sites is 1. The molecule has 0 unspecified atom stereocenters. The summed E-state index contributed by atoms with van der Waals surface area (Å²) in [6.07, 6.45) is 2.27. The van der Waals surface area contributed by atoms with Crippen LogP contribution in [0.3, 0.4) is 0 Å². The number of benzene rings is 1. The fourth-order valence-electron chi connectivity index (χ4n) is 2.72. The van der Waals surface area contributed by atoms with Gasteiger partial charge in [0.15, 0.2) is 0 Å². The normalized spacial score (nSPS) is 17.0. The van der Waals surface area contributed by atoms with Crippen molar-refractivity contribution in [3.8, 4) is 5.75 Å². The highest BCUT2D eigenvalue weighted by Crippen LogP contribution is 2.39. The van der Waals surface area contributed by atoms with Crippen molar-refractivity contribution in [2.24, 2.45) is 0 Å². The molecule has 130 valence electrons. The SMILES string of the molecule is COCC1(S(=O)(=O)NCCc2ccccc2OC(F)F)CCC1. The molecule has 1 aromatic rings. The van der Waals surface area contributed by atoms with Gasteiger partial charge < -0.3 is 9.47 Å². The molecule has 2 rings (SSSR count). The van der Waals surface area contributed by atoms with E-state index in [0.717, 1.165) is 6.42 Å². The largest absolute Gasteiger partial charge is 0.435 e. The molecule has 1 aromatic carbocycles. The summed E-state index contributed by atoms with van der Waals surface area (Å²) in [5.41, 5.74) is 0.532. The summed E-state index contributed by atoms with van der Waals surface area (Å²) < 4.78 is 60.8. The summed E-state index contributed by atoms with van der Waals surface area (Å²) in [6, 6.07) is 6.36. The molecule has 0 bridgehead atoms. The molecule has 1 saturated carbocycles. The number of ether oxygens (including phenoxy) is 2. The molecule has 5 nitrogen and oxygen atoms in total. The predicted octanol–water partition coefficient (Wildman–Crippen LogP) is 2.32. The Bertz CT molecular complexity index is 618. The maximum absolute atomic E-state index is 12.4. The fraction of sp³-hybridized carbons (Fsp3) is 0.600. The van der Waals surface area contributed by atoms with Gasteiger partial charge in [-0.2, -0.15) is 8.78 Å². The number of rotatable bonds is 9. The van der Waals surface area contributed by atoms with Crippen LogP contribution in [0.2, 0.25) is 0 Å². The lowest BCUT2D eigenvalue weighted by Crippen LogP contribution is -2.54. The van der Waals surface area contributed by atoms with Gasteiger partial charge in [-0.05, 0) is 30.9 Å². The van der Waals surface area contributed by atoms with Gasteiger partial charge in [-0.25, -0.2) is 13.1 Å². The number of methoxy groups -OCH3 is 1. The second-order valence-electron chi connectivity index (χ2n) is 5.60. The summed E-state index contributed by atoms with van der Waals surface area (Å²) >= 11 is 0. The Morgan fingerprint density at radius 3 is 2.57 bits per heavy atom. The summed E-state index contributed by atoms with van der Waals surface area (Å²) in [5, 5.41) is 0. The van der Waals surface area contributed by atoms with Crippen LogP contribution in [0.25, 0.3) is 0 Å². The highest BCUT2D eigenvalue weighted by atomic mass is 32.2. The maximum atomic E-state index is 12.4. The number of nitrogens with one attached hydrogen (secondary N) is 1.